The van der Waals surface area contributed by atoms with Gasteiger partial charge in [0, 0.05) is 17.4 Å². The summed E-state index contributed by atoms with van der Waals surface area (Å²) in [6.07, 6.45) is 0. The molecule has 106 valence electrons. The molecule has 2 aromatic carbocycles. The van der Waals surface area contributed by atoms with Gasteiger partial charge in [-0.15, -0.1) is 0 Å². The highest BCUT2D eigenvalue weighted by Gasteiger charge is 2.19. The summed E-state index contributed by atoms with van der Waals surface area (Å²) in [5.74, 6) is -0.111. The van der Waals surface area contributed by atoms with E-state index < -0.39 is 7.52 Å². The van der Waals surface area contributed by atoms with E-state index in [1.54, 1.807) is 6.07 Å². The second-order valence-corrected chi connectivity index (χ2v) is 7.07. The molecule has 0 amide bonds. The average molecular weight is 334 g/mol. The van der Waals surface area contributed by atoms with Crippen LogP contribution in [-0.2, 0) is 4.57 Å². The molecule has 1 atom stereocenters. The van der Waals surface area contributed by atoms with Gasteiger partial charge in [0.1, 0.15) is 11.6 Å². The van der Waals surface area contributed by atoms with Crippen LogP contribution in [0.5, 0.6) is 5.75 Å². The van der Waals surface area contributed by atoms with Crippen LogP contribution in [0.4, 0.5) is 10.1 Å². The van der Waals surface area contributed by atoms with E-state index in [0.29, 0.717) is 10.7 Å². The number of anilines is 1. The van der Waals surface area contributed by atoms with Gasteiger partial charge in [-0.05, 0) is 42.5 Å². The summed E-state index contributed by atoms with van der Waals surface area (Å²) in [4.78, 5) is 0. The minimum atomic E-state index is -3.19. The van der Waals surface area contributed by atoms with E-state index in [1.807, 2.05) is 0 Å². The SMILES string of the molecule is C[P@@](=O)(Nc1ccc(F)cc1)Oc1ccc(Cl)cc1Cl. The Morgan fingerprint density at radius 2 is 1.80 bits per heavy atom. The minimum Gasteiger partial charge on any atom is -0.427 e. The summed E-state index contributed by atoms with van der Waals surface area (Å²) >= 11 is 11.7. The van der Waals surface area contributed by atoms with E-state index in [0.717, 1.165) is 0 Å². The Bertz CT molecular complexity index is 664. The average Bonchev–Trinajstić information content (AvgIpc) is 2.35. The molecule has 0 unspecified atom stereocenters. The van der Waals surface area contributed by atoms with E-state index in [-0.39, 0.29) is 16.6 Å². The van der Waals surface area contributed by atoms with E-state index in [9.17, 15) is 8.96 Å². The van der Waals surface area contributed by atoms with Gasteiger partial charge in [-0.25, -0.2) is 4.39 Å². The highest BCUT2D eigenvalue weighted by atomic mass is 35.5. The summed E-state index contributed by atoms with van der Waals surface area (Å²) < 4.78 is 30.5. The predicted molar refractivity (Wildman–Crippen MR) is 80.6 cm³/mol. The van der Waals surface area contributed by atoms with Crippen LogP contribution < -0.4 is 9.61 Å². The smallest absolute Gasteiger partial charge is 0.338 e. The maximum absolute atomic E-state index is 12.8. The van der Waals surface area contributed by atoms with E-state index in [1.165, 1.54) is 43.1 Å². The molecule has 0 fully saturated rings. The second-order valence-electron chi connectivity index (χ2n) is 4.13. The molecule has 0 heterocycles. The zero-order valence-corrected chi connectivity index (χ0v) is 12.8. The lowest BCUT2D eigenvalue weighted by molar-refractivity contribution is 0.493. The Hall–Kier alpha value is -1.22. The summed E-state index contributed by atoms with van der Waals surface area (Å²) in [6.45, 7) is 1.40. The van der Waals surface area contributed by atoms with Crippen LogP contribution in [0.15, 0.2) is 42.5 Å². The van der Waals surface area contributed by atoms with Crippen LogP contribution in [0.1, 0.15) is 0 Å². The lowest BCUT2D eigenvalue weighted by Gasteiger charge is -2.18. The molecule has 0 aliphatic carbocycles. The molecule has 2 aromatic rings. The molecule has 3 nitrogen and oxygen atoms in total. The molecule has 2 rings (SSSR count). The van der Waals surface area contributed by atoms with Crippen LogP contribution in [0.3, 0.4) is 0 Å². The number of benzene rings is 2. The molecule has 0 bridgehead atoms. The number of rotatable bonds is 4. The van der Waals surface area contributed by atoms with Gasteiger partial charge in [0.15, 0.2) is 0 Å². The molecule has 0 radical (unpaired) electrons. The quantitative estimate of drug-likeness (QED) is 0.756. The van der Waals surface area contributed by atoms with Crippen molar-refractivity contribution in [2.75, 3.05) is 11.8 Å². The molecule has 20 heavy (non-hydrogen) atoms. The Morgan fingerprint density at radius 3 is 2.40 bits per heavy atom. The first-order valence-corrected chi connectivity index (χ1v) is 8.44. The molecule has 0 aliphatic rings. The fraction of sp³-hybridized carbons (Fsp3) is 0.0769. The molecule has 0 spiro atoms. The number of hydrogen-bond acceptors (Lipinski definition) is 2. The van der Waals surface area contributed by atoms with Crippen molar-refractivity contribution in [1.29, 1.82) is 0 Å². The van der Waals surface area contributed by atoms with Gasteiger partial charge in [-0.1, -0.05) is 23.2 Å². The lowest BCUT2D eigenvalue weighted by Crippen LogP contribution is -2.02. The Kier molecular flexibility index (Phi) is 4.59. The first-order valence-electron chi connectivity index (χ1n) is 5.62. The normalized spacial score (nSPS) is 13.6. The molecule has 0 saturated carbocycles. The molecule has 0 aliphatic heterocycles. The number of halogens is 3. The van der Waals surface area contributed by atoms with Crippen LogP contribution in [-0.4, -0.2) is 6.66 Å². The molecule has 0 saturated heterocycles. The monoisotopic (exact) mass is 333 g/mol. The maximum atomic E-state index is 12.8. The van der Waals surface area contributed by atoms with Gasteiger partial charge >= 0.3 is 7.52 Å². The first kappa shape index (κ1) is 15.2. The van der Waals surface area contributed by atoms with Crippen LogP contribution in [0, 0.1) is 5.82 Å². The van der Waals surface area contributed by atoms with Gasteiger partial charge in [0.05, 0.1) is 5.02 Å². The van der Waals surface area contributed by atoms with Gasteiger partial charge < -0.3 is 9.61 Å². The highest BCUT2D eigenvalue weighted by molar-refractivity contribution is 7.60. The minimum absolute atomic E-state index is 0.261. The first-order chi connectivity index (χ1) is 9.35. The van der Waals surface area contributed by atoms with Gasteiger partial charge in [0.25, 0.3) is 0 Å². The van der Waals surface area contributed by atoms with Gasteiger partial charge in [-0.2, -0.15) is 0 Å². The van der Waals surface area contributed by atoms with Crippen molar-refractivity contribution in [3.63, 3.8) is 0 Å². The number of nitrogens with one attached hydrogen (secondary N) is 1. The molecule has 7 heteroatoms. The lowest BCUT2D eigenvalue weighted by atomic mass is 10.3. The number of hydrogen-bond donors (Lipinski definition) is 1. The van der Waals surface area contributed by atoms with Gasteiger partial charge in [0.2, 0.25) is 0 Å². The van der Waals surface area contributed by atoms with Crippen molar-refractivity contribution in [3.8, 4) is 5.75 Å². The Balaban J connectivity index is 2.14. The zero-order valence-electron chi connectivity index (χ0n) is 10.4. The molecule has 1 N–H and O–H groups in total. The van der Waals surface area contributed by atoms with E-state index in [2.05, 4.69) is 5.09 Å². The zero-order chi connectivity index (χ0) is 14.8. The third-order valence-electron chi connectivity index (χ3n) is 2.34. The standard InChI is InChI=1S/C13H11Cl2FNO2P/c1-20(18,17-11-5-3-10(16)4-6-11)19-13-7-2-9(14)8-12(13)15/h2-8H,1H3,(H,17,18)/t20-/m0/s1. The van der Waals surface area contributed by atoms with Crippen LogP contribution >= 0.6 is 30.7 Å². The van der Waals surface area contributed by atoms with Crippen molar-refractivity contribution in [1.82, 2.24) is 0 Å². The van der Waals surface area contributed by atoms with Crippen molar-refractivity contribution in [2.45, 2.75) is 0 Å². The van der Waals surface area contributed by atoms with Crippen molar-refractivity contribution in [3.05, 3.63) is 58.3 Å². The highest BCUT2D eigenvalue weighted by Crippen LogP contribution is 2.45. The van der Waals surface area contributed by atoms with Crippen LogP contribution in [0.25, 0.3) is 0 Å². The predicted octanol–water partition coefficient (Wildman–Crippen LogP) is 5.45. The third-order valence-corrected chi connectivity index (χ3v) is 4.08. The van der Waals surface area contributed by atoms with E-state index >= 15 is 0 Å². The third kappa shape index (κ3) is 4.14. The Labute approximate surface area is 126 Å². The summed E-state index contributed by atoms with van der Waals surface area (Å²) in [5.41, 5.74) is 0.488. The topological polar surface area (TPSA) is 38.3 Å². The fourth-order valence-corrected chi connectivity index (χ4v) is 3.22. The second kappa shape index (κ2) is 6.04. The molecular weight excluding hydrogens is 323 g/mol. The maximum Gasteiger partial charge on any atom is 0.338 e. The van der Waals surface area contributed by atoms with E-state index in [4.69, 9.17) is 27.7 Å². The summed E-state index contributed by atoms with van der Waals surface area (Å²) in [6, 6.07) is 10.1. The van der Waals surface area contributed by atoms with Crippen LogP contribution in [0.2, 0.25) is 10.0 Å². The molecule has 0 aromatic heterocycles. The summed E-state index contributed by atoms with van der Waals surface area (Å²) in [5, 5.41) is 3.43. The Morgan fingerprint density at radius 1 is 1.15 bits per heavy atom. The largest absolute Gasteiger partial charge is 0.427 e. The van der Waals surface area contributed by atoms with Crippen molar-refractivity contribution >= 4 is 36.4 Å². The van der Waals surface area contributed by atoms with Crippen molar-refractivity contribution < 1.29 is 13.5 Å². The summed E-state index contributed by atoms with van der Waals surface area (Å²) in [7, 11) is -3.19. The van der Waals surface area contributed by atoms with Gasteiger partial charge in [-0.3, -0.25) is 4.57 Å². The van der Waals surface area contributed by atoms with Crippen molar-refractivity contribution in [2.24, 2.45) is 0 Å². The fourth-order valence-electron chi connectivity index (χ4n) is 1.52. The molecular formula is C13H11Cl2FNO2P.